The van der Waals surface area contributed by atoms with E-state index in [1.165, 1.54) is 10.6 Å². The molecule has 2 aromatic heterocycles. The van der Waals surface area contributed by atoms with Crippen LogP contribution in [0.1, 0.15) is 12.0 Å². The lowest BCUT2D eigenvalue weighted by Gasteiger charge is -2.22. The van der Waals surface area contributed by atoms with Crippen LogP contribution in [0.3, 0.4) is 0 Å². The molecule has 1 aromatic carbocycles. The summed E-state index contributed by atoms with van der Waals surface area (Å²) in [6.45, 7) is 0.851. The number of nitrogens with one attached hydrogen (secondary N) is 1. The van der Waals surface area contributed by atoms with Gasteiger partial charge in [0, 0.05) is 55.8 Å². The van der Waals surface area contributed by atoms with Gasteiger partial charge in [0.05, 0.1) is 18.4 Å². The first-order valence-electron chi connectivity index (χ1n) is 10.1. The lowest BCUT2D eigenvalue weighted by atomic mass is 10.1. The first-order chi connectivity index (χ1) is 15.5. The van der Waals surface area contributed by atoms with E-state index in [1.54, 1.807) is 33.7 Å². The number of halogens is 3. The van der Waals surface area contributed by atoms with Crippen LogP contribution in [-0.2, 0) is 23.6 Å². The number of aryl methyl sites for hydroxylation is 1. The van der Waals surface area contributed by atoms with Crippen molar-refractivity contribution in [3.8, 4) is 11.1 Å². The van der Waals surface area contributed by atoms with Crippen molar-refractivity contribution in [1.29, 1.82) is 0 Å². The summed E-state index contributed by atoms with van der Waals surface area (Å²) in [7, 11) is -3.84. The third-order valence-electron chi connectivity index (χ3n) is 5.49. The minimum Gasteiger partial charge on any atom is -0.369 e. The second-order valence-electron chi connectivity index (χ2n) is 7.93. The summed E-state index contributed by atoms with van der Waals surface area (Å²) in [4.78, 5) is 14.0. The van der Waals surface area contributed by atoms with E-state index in [0.717, 1.165) is 11.1 Å². The predicted molar refractivity (Wildman–Crippen MR) is 117 cm³/mol. The summed E-state index contributed by atoms with van der Waals surface area (Å²) in [5, 5.41) is 4.39. The molecule has 0 radical (unpaired) electrons. The zero-order valence-corrected chi connectivity index (χ0v) is 18.5. The molecule has 1 aliphatic heterocycles. The monoisotopic (exact) mass is 481 g/mol. The molecular formula is C21H22F3N5O3S. The van der Waals surface area contributed by atoms with E-state index in [2.05, 4.69) is 5.10 Å². The fourth-order valence-corrected chi connectivity index (χ4v) is 4.59. The standard InChI is InChI=1S/C21H22F3N5O3S/c1-27-14-18(16-10-25-29(12-16)11-15-5-3-2-4-6-15)19(9-20(27)30)28-8-7-17(13-28)26-33(31,32)21(22,23)24/h2-6,9-10,12,14,17,26H,7-8,11,13H2,1H3/t17-/m1/s1. The maximum Gasteiger partial charge on any atom is 0.511 e. The number of rotatable bonds is 6. The Hall–Kier alpha value is -3.12. The average Bonchev–Trinajstić information content (AvgIpc) is 3.39. The van der Waals surface area contributed by atoms with Crippen LogP contribution in [0.4, 0.5) is 18.9 Å². The minimum atomic E-state index is -5.45. The number of anilines is 1. The van der Waals surface area contributed by atoms with E-state index in [-0.39, 0.29) is 18.5 Å². The van der Waals surface area contributed by atoms with E-state index in [9.17, 15) is 26.4 Å². The maximum absolute atomic E-state index is 12.7. The van der Waals surface area contributed by atoms with Gasteiger partial charge in [-0.1, -0.05) is 30.3 Å². The van der Waals surface area contributed by atoms with Crippen LogP contribution < -0.4 is 15.2 Å². The Labute approximate surface area is 188 Å². The number of benzene rings is 1. The van der Waals surface area contributed by atoms with Crippen molar-refractivity contribution in [3.63, 3.8) is 0 Å². The average molecular weight is 482 g/mol. The van der Waals surface area contributed by atoms with E-state index >= 15 is 0 Å². The topological polar surface area (TPSA) is 89.2 Å². The van der Waals surface area contributed by atoms with Crippen LogP contribution in [-0.4, -0.2) is 47.4 Å². The molecule has 1 fully saturated rings. The van der Waals surface area contributed by atoms with E-state index in [0.29, 0.717) is 24.3 Å². The lowest BCUT2D eigenvalue weighted by molar-refractivity contribution is -0.0450. The van der Waals surface area contributed by atoms with Gasteiger partial charge < -0.3 is 9.47 Å². The zero-order chi connectivity index (χ0) is 23.8. The van der Waals surface area contributed by atoms with Gasteiger partial charge in [-0.15, -0.1) is 0 Å². The predicted octanol–water partition coefficient (Wildman–Crippen LogP) is 2.32. The third-order valence-corrected chi connectivity index (χ3v) is 6.75. The Bertz CT molecular complexity index is 1300. The SMILES string of the molecule is Cn1cc(-c2cnn(Cc3ccccc3)c2)c(N2CC[C@@H](NS(=O)(=O)C(F)(F)F)C2)cc1=O. The highest BCUT2D eigenvalue weighted by Crippen LogP contribution is 2.32. The van der Waals surface area contributed by atoms with Crippen molar-refractivity contribution in [2.24, 2.45) is 7.05 Å². The lowest BCUT2D eigenvalue weighted by Crippen LogP contribution is -2.44. The number of nitrogens with zero attached hydrogens (tertiary/aromatic N) is 4. The Morgan fingerprint density at radius 3 is 2.61 bits per heavy atom. The first kappa shape index (κ1) is 23.1. The molecule has 8 nitrogen and oxygen atoms in total. The summed E-state index contributed by atoms with van der Waals surface area (Å²) in [5.74, 6) is 0. The van der Waals surface area contributed by atoms with Gasteiger partial charge in [-0.3, -0.25) is 9.48 Å². The number of alkyl halides is 3. The highest BCUT2D eigenvalue weighted by Gasteiger charge is 2.47. The van der Waals surface area contributed by atoms with Gasteiger partial charge in [0.25, 0.3) is 5.56 Å². The van der Waals surface area contributed by atoms with Crippen LogP contribution in [0, 0.1) is 0 Å². The van der Waals surface area contributed by atoms with E-state index < -0.39 is 21.6 Å². The summed E-state index contributed by atoms with van der Waals surface area (Å²) >= 11 is 0. The molecule has 1 saturated heterocycles. The maximum atomic E-state index is 12.7. The molecule has 12 heteroatoms. The Balaban J connectivity index is 1.60. The molecule has 0 spiro atoms. The summed E-state index contributed by atoms with van der Waals surface area (Å²) < 4.78 is 66.0. The molecule has 1 atom stereocenters. The molecule has 0 unspecified atom stereocenters. The normalized spacial score (nSPS) is 17.0. The summed E-state index contributed by atoms with van der Waals surface area (Å²) in [6, 6.07) is 10.2. The van der Waals surface area contributed by atoms with E-state index in [4.69, 9.17) is 0 Å². The molecule has 1 aliphatic rings. The highest BCUT2D eigenvalue weighted by atomic mass is 32.2. The molecule has 0 bridgehead atoms. The molecule has 0 aliphatic carbocycles. The smallest absolute Gasteiger partial charge is 0.369 e. The van der Waals surface area contributed by atoms with Crippen LogP contribution in [0.25, 0.3) is 11.1 Å². The molecule has 1 N–H and O–H groups in total. The minimum absolute atomic E-state index is 0.00757. The van der Waals surface area contributed by atoms with Crippen LogP contribution in [0.5, 0.6) is 0 Å². The van der Waals surface area contributed by atoms with Gasteiger partial charge >= 0.3 is 15.5 Å². The largest absolute Gasteiger partial charge is 0.511 e. The molecular weight excluding hydrogens is 459 g/mol. The molecule has 3 aromatic rings. The number of sulfonamides is 1. The van der Waals surface area contributed by atoms with Crippen molar-refractivity contribution >= 4 is 15.7 Å². The molecule has 0 saturated carbocycles. The molecule has 33 heavy (non-hydrogen) atoms. The highest BCUT2D eigenvalue weighted by molar-refractivity contribution is 7.90. The fourth-order valence-electron chi connectivity index (χ4n) is 3.83. The van der Waals surface area contributed by atoms with Crippen LogP contribution in [0.2, 0.25) is 0 Å². The molecule has 4 rings (SSSR count). The Morgan fingerprint density at radius 1 is 1.18 bits per heavy atom. The van der Waals surface area contributed by atoms with Gasteiger partial charge in [-0.25, -0.2) is 13.1 Å². The van der Waals surface area contributed by atoms with Gasteiger partial charge in [0.2, 0.25) is 0 Å². The van der Waals surface area contributed by atoms with Gasteiger partial charge in [0.15, 0.2) is 0 Å². The Morgan fingerprint density at radius 2 is 1.91 bits per heavy atom. The number of hydrogen-bond acceptors (Lipinski definition) is 5. The number of pyridine rings is 1. The van der Waals surface area contributed by atoms with Gasteiger partial charge in [-0.05, 0) is 12.0 Å². The Kier molecular flexibility index (Phi) is 6.06. The van der Waals surface area contributed by atoms with Crippen molar-refractivity contribution < 1.29 is 21.6 Å². The van der Waals surface area contributed by atoms with Crippen molar-refractivity contribution in [3.05, 3.63) is 70.9 Å². The van der Waals surface area contributed by atoms with E-state index in [1.807, 2.05) is 36.5 Å². The zero-order valence-electron chi connectivity index (χ0n) is 17.7. The van der Waals surface area contributed by atoms with Gasteiger partial charge in [-0.2, -0.15) is 18.3 Å². The second kappa shape index (κ2) is 8.67. The molecule has 176 valence electrons. The first-order valence-corrected chi connectivity index (χ1v) is 11.6. The third kappa shape index (κ3) is 4.96. The van der Waals surface area contributed by atoms with Crippen molar-refractivity contribution in [2.45, 2.75) is 24.5 Å². The van der Waals surface area contributed by atoms with Crippen LogP contribution >= 0.6 is 0 Å². The summed E-state index contributed by atoms with van der Waals surface area (Å²) in [6.07, 6.45) is 5.31. The second-order valence-corrected chi connectivity index (χ2v) is 9.64. The number of hydrogen-bond donors (Lipinski definition) is 1. The summed E-state index contributed by atoms with van der Waals surface area (Å²) in [5.41, 5.74) is -2.67. The van der Waals surface area contributed by atoms with Crippen LogP contribution in [0.15, 0.2) is 59.8 Å². The molecule has 3 heterocycles. The fraction of sp³-hybridized carbons (Fsp3) is 0.333. The van der Waals surface area contributed by atoms with Crippen molar-refractivity contribution in [1.82, 2.24) is 19.1 Å². The quantitative estimate of drug-likeness (QED) is 0.584. The van der Waals surface area contributed by atoms with Crippen molar-refractivity contribution in [2.75, 3.05) is 18.0 Å². The van der Waals surface area contributed by atoms with Gasteiger partial charge in [0.1, 0.15) is 0 Å². The molecule has 0 amide bonds. The number of aromatic nitrogens is 3.